The molecule has 3 heteroatoms. The van der Waals surface area contributed by atoms with Crippen LogP contribution >= 0.6 is 27.3 Å². The molecule has 0 fully saturated rings. The Morgan fingerprint density at radius 3 is 1.89 bits per heavy atom. The Kier molecular flexibility index (Phi) is 3.25. The first kappa shape index (κ1) is 15.4. The smallest absolute Gasteiger partial charge is 0.0541 e. The Morgan fingerprint density at radius 1 is 0.593 bits per heavy atom. The molecule has 0 amide bonds. The van der Waals surface area contributed by atoms with Gasteiger partial charge in [-0.2, -0.15) is 0 Å². The molecule has 27 heavy (non-hydrogen) atoms. The summed E-state index contributed by atoms with van der Waals surface area (Å²) in [6.45, 7) is 0. The number of benzene rings is 4. The van der Waals surface area contributed by atoms with Crippen LogP contribution in [0.2, 0.25) is 0 Å². The summed E-state index contributed by atoms with van der Waals surface area (Å²) in [5, 5.41) is 5.22. The first-order valence-electron chi connectivity index (χ1n) is 8.90. The summed E-state index contributed by atoms with van der Waals surface area (Å²) < 4.78 is 6.16. The summed E-state index contributed by atoms with van der Waals surface area (Å²) in [6, 6.07) is 30.7. The lowest BCUT2D eigenvalue weighted by Gasteiger charge is -2.08. The number of para-hydroxylation sites is 2. The van der Waals surface area contributed by atoms with Crippen LogP contribution in [-0.4, -0.2) is 4.57 Å². The zero-order valence-electron chi connectivity index (χ0n) is 14.3. The molecule has 6 rings (SSSR count). The van der Waals surface area contributed by atoms with Gasteiger partial charge in [0.2, 0.25) is 0 Å². The second-order valence-electron chi connectivity index (χ2n) is 6.79. The van der Waals surface area contributed by atoms with Gasteiger partial charge in [-0.15, -0.1) is 11.3 Å². The van der Waals surface area contributed by atoms with Crippen LogP contribution in [-0.2, 0) is 0 Å². The van der Waals surface area contributed by atoms with E-state index in [0.717, 1.165) is 4.47 Å². The van der Waals surface area contributed by atoms with E-state index >= 15 is 0 Å². The molecule has 0 aliphatic rings. The molecule has 0 N–H and O–H groups in total. The minimum absolute atomic E-state index is 1.12. The second-order valence-corrected chi connectivity index (χ2v) is 8.79. The Balaban J connectivity index is 1.74. The summed E-state index contributed by atoms with van der Waals surface area (Å²) in [5.74, 6) is 0. The number of halogens is 1. The van der Waals surface area contributed by atoms with E-state index in [-0.39, 0.29) is 0 Å². The van der Waals surface area contributed by atoms with Gasteiger partial charge in [0, 0.05) is 41.1 Å². The molecule has 0 atom stereocenters. The van der Waals surface area contributed by atoms with E-state index in [1.807, 2.05) is 11.3 Å². The number of aromatic nitrogens is 1. The molecule has 0 unspecified atom stereocenters. The van der Waals surface area contributed by atoms with Gasteiger partial charge in [0.15, 0.2) is 0 Å². The molecule has 0 aliphatic carbocycles. The van der Waals surface area contributed by atoms with Crippen molar-refractivity contribution in [2.24, 2.45) is 0 Å². The lowest BCUT2D eigenvalue weighted by Crippen LogP contribution is -1.93. The third kappa shape index (κ3) is 2.22. The average molecular weight is 428 g/mol. The van der Waals surface area contributed by atoms with Gasteiger partial charge < -0.3 is 4.57 Å². The van der Waals surface area contributed by atoms with E-state index in [2.05, 4.69) is 105 Å². The predicted molar refractivity (Wildman–Crippen MR) is 121 cm³/mol. The minimum atomic E-state index is 1.12. The van der Waals surface area contributed by atoms with Crippen LogP contribution in [0, 0.1) is 0 Å². The van der Waals surface area contributed by atoms with Crippen LogP contribution in [0.25, 0.3) is 47.7 Å². The van der Waals surface area contributed by atoms with Crippen molar-refractivity contribution in [2.45, 2.75) is 0 Å². The highest BCUT2D eigenvalue weighted by Crippen LogP contribution is 2.38. The fraction of sp³-hybridized carbons (Fsp3) is 0. The number of thiophene rings is 1. The van der Waals surface area contributed by atoms with Crippen molar-refractivity contribution in [3.8, 4) is 5.69 Å². The fourth-order valence-corrected chi connectivity index (χ4v) is 5.51. The highest BCUT2D eigenvalue weighted by molar-refractivity contribution is 9.10. The average Bonchev–Trinajstić information content (AvgIpc) is 3.23. The van der Waals surface area contributed by atoms with Crippen molar-refractivity contribution in [3.63, 3.8) is 0 Å². The molecule has 4 aromatic carbocycles. The number of hydrogen-bond acceptors (Lipinski definition) is 1. The first-order chi connectivity index (χ1) is 13.3. The topological polar surface area (TPSA) is 4.93 Å². The summed E-state index contributed by atoms with van der Waals surface area (Å²) in [5.41, 5.74) is 3.71. The predicted octanol–water partition coefficient (Wildman–Crippen LogP) is 7.91. The standard InChI is InChI=1S/C24H14BrNS/c25-15-9-11-23-19(13-15)20-14-16(10-12-24(20)27-23)26-21-7-3-1-5-17(21)18-6-2-4-8-22(18)26/h1-14H. The molecular weight excluding hydrogens is 414 g/mol. The van der Waals surface area contributed by atoms with Gasteiger partial charge in [-0.05, 0) is 48.5 Å². The number of nitrogens with zero attached hydrogens (tertiary/aromatic N) is 1. The largest absolute Gasteiger partial charge is 0.309 e. The van der Waals surface area contributed by atoms with E-state index in [9.17, 15) is 0 Å². The van der Waals surface area contributed by atoms with Crippen molar-refractivity contribution >= 4 is 69.2 Å². The number of rotatable bonds is 1. The van der Waals surface area contributed by atoms with Crippen molar-refractivity contribution in [2.75, 3.05) is 0 Å². The van der Waals surface area contributed by atoms with Gasteiger partial charge >= 0.3 is 0 Å². The van der Waals surface area contributed by atoms with E-state index in [0.29, 0.717) is 0 Å². The maximum absolute atomic E-state index is 3.62. The third-order valence-corrected chi connectivity index (χ3v) is 6.90. The van der Waals surface area contributed by atoms with Crippen molar-refractivity contribution in [3.05, 3.63) is 89.4 Å². The van der Waals surface area contributed by atoms with Crippen LogP contribution in [0.5, 0.6) is 0 Å². The summed E-state index contributed by atoms with van der Waals surface area (Å²) in [6.07, 6.45) is 0. The van der Waals surface area contributed by atoms with E-state index < -0.39 is 0 Å². The molecule has 0 spiro atoms. The first-order valence-corrected chi connectivity index (χ1v) is 10.5. The molecule has 0 saturated carbocycles. The van der Waals surface area contributed by atoms with Crippen LogP contribution in [0.4, 0.5) is 0 Å². The third-order valence-electron chi connectivity index (χ3n) is 5.25. The van der Waals surface area contributed by atoms with Crippen molar-refractivity contribution < 1.29 is 0 Å². The molecule has 0 bridgehead atoms. The number of fused-ring (bicyclic) bond motifs is 6. The molecule has 1 nitrogen and oxygen atoms in total. The lowest BCUT2D eigenvalue weighted by atomic mass is 10.1. The maximum atomic E-state index is 3.62. The molecule has 128 valence electrons. The van der Waals surface area contributed by atoms with Gasteiger partial charge in [0.05, 0.1) is 11.0 Å². The Morgan fingerprint density at radius 2 is 1.19 bits per heavy atom. The molecular formula is C24H14BrNS. The summed E-state index contributed by atoms with van der Waals surface area (Å²) in [4.78, 5) is 0. The zero-order valence-corrected chi connectivity index (χ0v) is 16.7. The van der Waals surface area contributed by atoms with Gasteiger partial charge in [-0.3, -0.25) is 0 Å². The maximum Gasteiger partial charge on any atom is 0.0541 e. The van der Waals surface area contributed by atoms with Crippen LogP contribution < -0.4 is 0 Å². The highest BCUT2D eigenvalue weighted by Gasteiger charge is 2.13. The van der Waals surface area contributed by atoms with E-state index in [1.165, 1.54) is 47.7 Å². The molecule has 0 saturated heterocycles. The molecule has 6 aromatic rings. The quantitative estimate of drug-likeness (QED) is 0.251. The normalized spacial score (nSPS) is 11.9. The lowest BCUT2D eigenvalue weighted by molar-refractivity contribution is 1.19. The van der Waals surface area contributed by atoms with E-state index in [4.69, 9.17) is 0 Å². The molecule has 2 heterocycles. The molecule has 0 radical (unpaired) electrons. The zero-order chi connectivity index (χ0) is 18.0. The van der Waals surface area contributed by atoms with Crippen LogP contribution in [0.3, 0.4) is 0 Å². The van der Waals surface area contributed by atoms with Gasteiger partial charge in [0.1, 0.15) is 0 Å². The second kappa shape index (κ2) is 5.69. The molecule has 2 aromatic heterocycles. The Hall–Kier alpha value is -2.62. The van der Waals surface area contributed by atoms with Crippen LogP contribution in [0.15, 0.2) is 89.4 Å². The highest BCUT2D eigenvalue weighted by atomic mass is 79.9. The van der Waals surface area contributed by atoms with Gasteiger partial charge in [0.25, 0.3) is 0 Å². The monoisotopic (exact) mass is 427 g/mol. The Bertz CT molecular complexity index is 1440. The Labute approximate surface area is 168 Å². The molecule has 0 aliphatic heterocycles. The van der Waals surface area contributed by atoms with E-state index in [1.54, 1.807) is 0 Å². The summed E-state index contributed by atoms with van der Waals surface area (Å²) in [7, 11) is 0. The van der Waals surface area contributed by atoms with Gasteiger partial charge in [-0.25, -0.2) is 0 Å². The fourth-order valence-electron chi connectivity index (χ4n) is 4.08. The van der Waals surface area contributed by atoms with Crippen molar-refractivity contribution in [1.82, 2.24) is 4.57 Å². The van der Waals surface area contributed by atoms with Gasteiger partial charge in [-0.1, -0.05) is 52.3 Å². The summed E-state index contributed by atoms with van der Waals surface area (Å²) >= 11 is 5.48. The van der Waals surface area contributed by atoms with Crippen molar-refractivity contribution in [1.29, 1.82) is 0 Å². The SMILES string of the molecule is Brc1ccc2sc3ccc(-n4c5ccccc5c5ccccc54)cc3c2c1. The van der Waals surface area contributed by atoms with Crippen LogP contribution in [0.1, 0.15) is 0 Å². The number of hydrogen-bond donors (Lipinski definition) is 0. The minimum Gasteiger partial charge on any atom is -0.309 e.